The van der Waals surface area contributed by atoms with Crippen molar-refractivity contribution in [2.75, 3.05) is 13.1 Å². The smallest absolute Gasteiger partial charge is 0.343 e. The summed E-state index contributed by atoms with van der Waals surface area (Å²) in [6, 6.07) is 0.400. The highest BCUT2D eigenvalue weighted by Gasteiger charge is 2.35. The van der Waals surface area contributed by atoms with Crippen molar-refractivity contribution in [3.63, 3.8) is 0 Å². The Morgan fingerprint density at radius 2 is 1.87 bits per heavy atom. The largest absolute Gasteiger partial charge is 0.364 e. The molecule has 3 rings (SSSR count). The number of nitrogens with one attached hydrogen (secondary N) is 1. The maximum absolute atomic E-state index is 11.7. The van der Waals surface area contributed by atoms with E-state index in [1.54, 1.807) is 0 Å². The third-order valence-electron chi connectivity index (χ3n) is 5.20. The lowest BCUT2D eigenvalue weighted by Gasteiger charge is -2.34. The minimum absolute atomic E-state index is 0.174. The van der Waals surface area contributed by atoms with E-state index in [-0.39, 0.29) is 10.3 Å². The van der Waals surface area contributed by atoms with Gasteiger partial charge < -0.3 is 10.2 Å². The summed E-state index contributed by atoms with van der Waals surface area (Å²) in [6.07, 6.45) is 9.99. The normalized spacial score (nSPS) is 31.8. The number of rotatable bonds is 4. The Kier molecular flexibility index (Phi) is 5.96. The van der Waals surface area contributed by atoms with Crippen molar-refractivity contribution in [2.24, 2.45) is 0 Å². The SMILES string of the molecule is O=[N+]([O-])/C(SC1CCCCC1)=C1/NCCN1C1CCC(Cl)CC1. The van der Waals surface area contributed by atoms with E-state index in [9.17, 15) is 10.1 Å². The van der Waals surface area contributed by atoms with Gasteiger partial charge in [0, 0.05) is 29.8 Å². The van der Waals surface area contributed by atoms with Gasteiger partial charge in [-0.05, 0) is 50.3 Å². The van der Waals surface area contributed by atoms with Gasteiger partial charge in [-0.1, -0.05) is 19.3 Å². The lowest BCUT2D eigenvalue weighted by atomic mass is 9.94. The summed E-state index contributed by atoms with van der Waals surface area (Å²) in [6.45, 7) is 1.67. The molecule has 5 nitrogen and oxygen atoms in total. The second-order valence-corrected chi connectivity index (χ2v) is 8.72. The predicted molar refractivity (Wildman–Crippen MR) is 95.1 cm³/mol. The highest BCUT2D eigenvalue weighted by atomic mass is 35.5. The van der Waals surface area contributed by atoms with Gasteiger partial charge in [0.2, 0.25) is 0 Å². The molecule has 0 amide bonds. The Bertz CT molecular complexity index is 460. The number of halogens is 1. The van der Waals surface area contributed by atoms with Crippen molar-refractivity contribution in [3.05, 3.63) is 21.0 Å². The van der Waals surface area contributed by atoms with Gasteiger partial charge in [-0.3, -0.25) is 10.1 Å². The number of nitrogens with zero attached hydrogens (tertiary/aromatic N) is 2. The van der Waals surface area contributed by atoms with Crippen LogP contribution in [0.15, 0.2) is 10.9 Å². The Morgan fingerprint density at radius 1 is 1.17 bits per heavy atom. The molecule has 2 saturated carbocycles. The highest BCUT2D eigenvalue weighted by molar-refractivity contribution is 8.03. The first kappa shape index (κ1) is 17.2. The van der Waals surface area contributed by atoms with Crippen LogP contribution in [0.3, 0.4) is 0 Å². The van der Waals surface area contributed by atoms with E-state index in [1.807, 2.05) is 0 Å². The number of thioether (sulfide) groups is 1. The van der Waals surface area contributed by atoms with Gasteiger partial charge in [0.1, 0.15) is 0 Å². The van der Waals surface area contributed by atoms with Gasteiger partial charge in [-0.2, -0.15) is 0 Å². The van der Waals surface area contributed by atoms with Crippen LogP contribution in [-0.2, 0) is 0 Å². The topological polar surface area (TPSA) is 58.4 Å². The van der Waals surface area contributed by atoms with Crippen molar-refractivity contribution >= 4 is 23.4 Å². The molecular weight excluding hydrogens is 334 g/mol. The number of nitro groups is 1. The first-order chi connectivity index (χ1) is 11.1. The molecule has 23 heavy (non-hydrogen) atoms. The third kappa shape index (κ3) is 4.27. The van der Waals surface area contributed by atoms with Gasteiger partial charge in [0.15, 0.2) is 5.82 Å². The minimum Gasteiger partial charge on any atom is -0.364 e. The van der Waals surface area contributed by atoms with E-state index in [2.05, 4.69) is 10.2 Å². The maximum Gasteiger partial charge on any atom is 0.343 e. The molecule has 0 aromatic carbocycles. The van der Waals surface area contributed by atoms with E-state index in [0.29, 0.717) is 16.3 Å². The molecule has 3 fully saturated rings. The van der Waals surface area contributed by atoms with Crippen LogP contribution in [0.5, 0.6) is 0 Å². The molecule has 1 heterocycles. The molecular formula is C16H26ClN3O2S. The zero-order chi connectivity index (χ0) is 16.2. The van der Waals surface area contributed by atoms with Crippen LogP contribution in [0.2, 0.25) is 0 Å². The van der Waals surface area contributed by atoms with Crippen molar-refractivity contribution in [3.8, 4) is 0 Å². The zero-order valence-corrected chi connectivity index (χ0v) is 15.1. The van der Waals surface area contributed by atoms with Crippen molar-refractivity contribution in [1.82, 2.24) is 10.2 Å². The molecule has 0 radical (unpaired) electrons. The summed E-state index contributed by atoms with van der Waals surface area (Å²) >= 11 is 7.70. The molecule has 130 valence electrons. The van der Waals surface area contributed by atoms with Crippen LogP contribution in [0.1, 0.15) is 57.8 Å². The first-order valence-corrected chi connectivity index (χ1v) is 10.2. The van der Waals surface area contributed by atoms with Crippen LogP contribution < -0.4 is 5.32 Å². The average molecular weight is 360 g/mol. The Labute approximate surface area is 147 Å². The number of hydrogen-bond acceptors (Lipinski definition) is 5. The van der Waals surface area contributed by atoms with Gasteiger partial charge in [0.05, 0.1) is 4.92 Å². The Balaban J connectivity index is 1.74. The Morgan fingerprint density at radius 3 is 2.52 bits per heavy atom. The molecule has 3 aliphatic rings. The lowest BCUT2D eigenvalue weighted by Crippen LogP contribution is -2.37. The molecule has 1 saturated heterocycles. The van der Waals surface area contributed by atoms with Crippen LogP contribution >= 0.6 is 23.4 Å². The molecule has 1 N–H and O–H groups in total. The van der Waals surface area contributed by atoms with Crippen LogP contribution in [0.25, 0.3) is 0 Å². The summed E-state index contributed by atoms with van der Waals surface area (Å²) in [5.41, 5.74) is 0. The average Bonchev–Trinajstić information content (AvgIpc) is 3.03. The summed E-state index contributed by atoms with van der Waals surface area (Å²) in [5, 5.41) is 16.0. The predicted octanol–water partition coefficient (Wildman–Crippen LogP) is 3.91. The summed E-state index contributed by atoms with van der Waals surface area (Å²) in [5.74, 6) is 0.767. The fraction of sp³-hybridized carbons (Fsp3) is 0.875. The highest BCUT2D eigenvalue weighted by Crippen LogP contribution is 2.37. The molecule has 0 atom stereocenters. The summed E-state index contributed by atoms with van der Waals surface area (Å²) in [7, 11) is 0. The minimum atomic E-state index is -0.174. The van der Waals surface area contributed by atoms with Crippen LogP contribution in [-0.4, -0.2) is 39.6 Å². The van der Waals surface area contributed by atoms with E-state index >= 15 is 0 Å². The van der Waals surface area contributed by atoms with Gasteiger partial charge >= 0.3 is 5.03 Å². The molecule has 0 bridgehead atoms. The molecule has 0 unspecified atom stereocenters. The molecule has 7 heteroatoms. The second kappa shape index (κ2) is 7.97. The van der Waals surface area contributed by atoms with Crippen LogP contribution in [0.4, 0.5) is 0 Å². The maximum atomic E-state index is 11.7. The zero-order valence-electron chi connectivity index (χ0n) is 13.5. The third-order valence-corrected chi connectivity index (χ3v) is 7.01. The molecule has 0 aromatic rings. The van der Waals surface area contributed by atoms with Gasteiger partial charge in [-0.15, -0.1) is 11.6 Å². The number of hydrogen-bond donors (Lipinski definition) is 1. The lowest BCUT2D eigenvalue weighted by molar-refractivity contribution is -0.412. The molecule has 0 spiro atoms. The van der Waals surface area contributed by atoms with Gasteiger partial charge in [0.25, 0.3) is 0 Å². The fourth-order valence-electron chi connectivity index (χ4n) is 3.94. The van der Waals surface area contributed by atoms with E-state index < -0.39 is 0 Å². The molecule has 0 aromatic heterocycles. The molecule has 1 aliphatic heterocycles. The van der Waals surface area contributed by atoms with Gasteiger partial charge in [-0.25, -0.2) is 0 Å². The number of alkyl halides is 1. The Hall–Kier alpha value is -0.620. The van der Waals surface area contributed by atoms with E-state index in [4.69, 9.17) is 11.6 Å². The monoisotopic (exact) mass is 359 g/mol. The quantitative estimate of drug-likeness (QED) is 0.468. The van der Waals surface area contributed by atoms with Crippen molar-refractivity contribution in [1.29, 1.82) is 0 Å². The van der Waals surface area contributed by atoms with Crippen LogP contribution in [0, 0.1) is 10.1 Å². The second-order valence-electron chi connectivity index (χ2n) is 6.81. The van der Waals surface area contributed by atoms with Crippen molar-refractivity contribution in [2.45, 2.75) is 74.5 Å². The summed E-state index contributed by atoms with van der Waals surface area (Å²) in [4.78, 5) is 13.8. The van der Waals surface area contributed by atoms with Crippen molar-refractivity contribution < 1.29 is 4.92 Å². The van der Waals surface area contributed by atoms with E-state index in [0.717, 1.165) is 57.4 Å². The van der Waals surface area contributed by atoms with E-state index in [1.165, 1.54) is 31.0 Å². The molecule has 2 aliphatic carbocycles. The summed E-state index contributed by atoms with van der Waals surface area (Å²) < 4.78 is 0. The standard InChI is InChI=1S/C16H26ClN3O2S/c17-12-6-8-13(9-7-12)19-11-10-18-15(19)16(20(21)22)23-14-4-2-1-3-5-14/h12-14,18H,1-11H2/b16-15+. The first-order valence-electron chi connectivity index (χ1n) is 8.85. The fourth-order valence-corrected chi connectivity index (χ4v) is 5.47.